The molecule has 3 aliphatic heterocycles. The largest absolute Gasteiger partial charge is 0.465 e. The molecule has 212 valence electrons. The van der Waals surface area contributed by atoms with E-state index in [2.05, 4.69) is 6.92 Å². The van der Waals surface area contributed by atoms with Crippen molar-refractivity contribution in [2.75, 3.05) is 19.8 Å². The summed E-state index contributed by atoms with van der Waals surface area (Å²) >= 11 is 0. The second kappa shape index (κ2) is 8.91. The van der Waals surface area contributed by atoms with E-state index in [1.54, 1.807) is 13.8 Å². The SMILES string of the molecule is CC(=O)OCC12C(OC(=O)C(C)C)CC3(C)OC4(COC(=O)C4)CC(OC(C)=O)C3(C)C1CCCC21CO1. The van der Waals surface area contributed by atoms with Crippen LogP contribution in [0.25, 0.3) is 0 Å². The Morgan fingerprint density at radius 3 is 2.29 bits per heavy atom. The second-order valence-corrected chi connectivity index (χ2v) is 12.8. The number of ether oxygens (including phenoxy) is 6. The summed E-state index contributed by atoms with van der Waals surface area (Å²) in [5, 5.41) is 0. The van der Waals surface area contributed by atoms with Gasteiger partial charge in [-0.15, -0.1) is 0 Å². The van der Waals surface area contributed by atoms with Crippen LogP contribution in [0, 0.1) is 22.7 Å². The van der Waals surface area contributed by atoms with Crippen LogP contribution in [0.5, 0.6) is 0 Å². The molecule has 5 aliphatic rings. The van der Waals surface area contributed by atoms with Crippen LogP contribution in [0.4, 0.5) is 0 Å². The maximum Gasteiger partial charge on any atom is 0.308 e. The lowest BCUT2D eigenvalue weighted by atomic mass is 9.40. The van der Waals surface area contributed by atoms with Gasteiger partial charge in [0.2, 0.25) is 0 Å². The molecule has 2 spiro atoms. The van der Waals surface area contributed by atoms with Crippen LogP contribution in [0.2, 0.25) is 0 Å². The van der Waals surface area contributed by atoms with E-state index in [1.165, 1.54) is 13.8 Å². The molecule has 0 aromatic heterocycles. The number of hydrogen-bond donors (Lipinski definition) is 0. The maximum atomic E-state index is 13.1. The fraction of sp³-hybridized carbons (Fsp3) is 0.857. The fourth-order valence-electron chi connectivity index (χ4n) is 8.27. The van der Waals surface area contributed by atoms with Crippen molar-refractivity contribution >= 4 is 23.9 Å². The van der Waals surface area contributed by atoms with Gasteiger partial charge in [0.05, 0.1) is 30.0 Å². The van der Waals surface area contributed by atoms with E-state index in [0.29, 0.717) is 13.0 Å². The first kappa shape index (κ1) is 27.4. The van der Waals surface area contributed by atoms with Gasteiger partial charge in [0.25, 0.3) is 0 Å². The number of epoxide rings is 1. The predicted molar refractivity (Wildman–Crippen MR) is 131 cm³/mol. The summed E-state index contributed by atoms with van der Waals surface area (Å²) in [7, 11) is 0. The molecule has 10 nitrogen and oxygen atoms in total. The molecule has 0 bridgehead atoms. The van der Waals surface area contributed by atoms with E-state index in [0.717, 1.165) is 19.3 Å². The van der Waals surface area contributed by atoms with Crippen LogP contribution in [0.3, 0.4) is 0 Å². The monoisotopic (exact) mass is 536 g/mol. The molecule has 10 heteroatoms. The van der Waals surface area contributed by atoms with Crippen molar-refractivity contribution in [3.8, 4) is 0 Å². The van der Waals surface area contributed by atoms with E-state index in [-0.39, 0.29) is 49.8 Å². The Morgan fingerprint density at radius 2 is 1.74 bits per heavy atom. The molecule has 0 radical (unpaired) electrons. The number of carbonyl (C=O) groups excluding carboxylic acids is 4. The van der Waals surface area contributed by atoms with Crippen molar-refractivity contribution in [2.24, 2.45) is 22.7 Å². The molecule has 0 N–H and O–H groups in total. The molecule has 5 rings (SSSR count). The zero-order valence-corrected chi connectivity index (χ0v) is 23.3. The zero-order chi connectivity index (χ0) is 27.7. The van der Waals surface area contributed by atoms with Crippen LogP contribution in [0.1, 0.15) is 80.1 Å². The normalized spacial score (nSPS) is 45.2. The highest BCUT2D eigenvalue weighted by Crippen LogP contribution is 2.72. The molecule has 3 heterocycles. The molecule has 8 unspecified atom stereocenters. The van der Waals surface area contributed by atoms with Gasteiger partial charge in [-0.1, -0.05) is 27.2 Å². The smallest absolute Gasteiger partial charge is 0.308 e. The molecular weight excluding hydrogens is 496 g/mol. The molecule has 5 fully saturated rings. The molecule has 3 saturated heterocycles. The number of rotatable bonds is 5. The van der Waals surface area contributed by atoms with E-state index >= 15 is 0 Å². The first-order valence-electron chi connectivity index (χ1n) is 13.7. The lowest BCUT2D eigenvalue weighted by Crippen LogP contribution is -2.78. The minimum absolute atomic E-state index is 0.0221. The first-order chi connectivity index (χ1) is 17.7. The molecule has 0 aromatic carbocycles. The average molecular weight is 537 g/mol. The van der Waals surface area contributed by atoms with E-state index < -0.39 is 51.8 Å². The third kappa shape index (κ3) is 3.88. The summed E-state index contributed by atoms with van der Waals surface area (Å²) in [6.45, 7) is 10.9. The quantitative estimate of drug-likeness (QED) is 0.294. The third-order valence-electron chi connectivity index (χ3n) is 10.2. The maximum absolute atomic E-state index is 13.1. The summed E-state index contributed by atoms with van der Waals surface area (Å²) in [6, 6.07) is 0. The summed E-state index contributed by atoms with van der Waals surface area (Å²) in [6.07, 6.45) is 1.65. The van der Waals surface area contributed by atoms with E-state index in [9.17, 15) is 19.2 Å². The fourth-order valence-corrected chi connectivity index (χ4v) is 8.27. The van der Waals surface area contributed by atoms with Crippen LogP contribution in [0.15, 0.2) is 0 Å². The van der Waals surface area contributed by atoms with Crippen molar-refractivity contribution < 1.29 is 47.6 Å². The average Bonchev–Trinajstić information content (AvgIpc) is 3.50. The van der Waals surface area contributed by atoms with Gasteiger partial charge in [-0.3, -0.25) is 19.2 Å². The number of carbonyl (C=O) groups is 4. The van der Waals surface area contributed by atoms with Gasteiger partial charge in [-0.05, 0) is 25.7 Å². The molecule has 2 saturated carbocycles. The molecule has 0 amide bonds. The Balaban J connectivity index is 1.68. The number of fused-ring (bicyclic) bond motifs is 4. The van der Waals surface area contributed by atoms with Crippen molar-refractivity contribution in [3.63, 3.8) is 0 Å². The molecule has 0 aromatic rings. The van der Waals surface area contributed by atoms with Gasteiger partial charge >= 0.3 is 23.9 Å². The summed E-state index contributed by atoms with van der Waals surface area (Å²) in [5.41, 5.74) is -4.16. The van der Waals surface area contributed by atoms with Gasteiger partial charge in [0.15, 0.2) is 0 Å². The van der Waals surface area contributed by atoms with Crippen LogP contribution in [-0.2, 0) is 47.6 Å². The predicted octanol–water partition coefficient (Wildman–Crippen LogP) is 2.88. The molecular formula is C28H40O10. The summed E-state index contributed by atoms with van der Waals surface area (Å²) in [5.74, 6) is -2.17. The molecule has 8 atom stereocenters. The Morgan fingerprint density at radius 1 is 1.03 bits per heavy atom. The van der Waals surface area contributed by atoms with Crippen molar-refractivity contribution in [2.45, 2.75) is 109 Å². The lowest BCUT2D eigenvalue weighted by molar-refractivity contribution is -0.351. The van der Waals surface area contributed by atoms with Gasteiger partial charge in [-0.25, -0.2) is 0 Å². The number of cyclic esters (lactones) is 1. The van der Waals surface area contributed by atoms with Gasteiger partial charge < -0.3 is 28.4 Å². The van der Waals surface area contributed by atoms with Crippen molar-refractivity contribution in [3.05, 3.63) is 0 Å². The van der Waals surface area contributed by atoms with Crippen LogP contribution < -0.4 is 0 Å². The highest BCUT2D eigenvalue weighted by molar-refractivity contribution is 5.73. The van der Waals surface area contributed by atoms with Gasteiger partial charge in [-0.2, -0.15) is 0 Å². The molecule has 38 heavy (non-hydrogen) atoms. The highest BCUT2D eigenvalue weighted by Gasteiger charge is 2.81. The topological polar surface area (TPSA) is 127 Å². The van der Waals surface area contributed by atoms with Gasteiger partial charge in [0, 0.05) is 32.1 Å². The Kier molecular flexibility index (Phi) is 6.42. The zero-order valence-electron chi connectivity index (χ0n) is 23.3. The minimum atomic E-state index is -0.959. The first-order valence-corrected chi connectivity index (χ1v) is 13.7. The number of esters is 4. The summed E-state index contributed by atoms with van der Waals surface area (Å²) in [4.78, 5) is 50.0. The minimum Gasteiger partial charge on any atom is -0.465 e. The van der Waals surface area contributed by atoms with E-state index in [4.69, 9.17) is 28.4 Å². The Hall–Kier alpha value is -2.20. The van der Waals surface area contributed by atoms with Crippen molar-refractivity contribution in [1.82, 2.24) is 0 Å². The standard InChI is InChI=1S/C28H40O10/c1-16(2)23(32)37-21-10-24(5)25(6,20(36-18(4)30)11-26(38-24)12-22(31)34-13-26)19-8-7-9-27(14-35-27)28(19,21)15-33-17(3)29/h16,19-21H,7-15H2,1-6H3. The Bertz CT molecular complexity index is 1030. The van der Waals surface area contributed by atoms with Crippen LogP contribution in [-0.4, -0.2) is 72.7 Å². The van der Waals surface area contributed by atoms with Gasteiger partial charge in [0.1, 0.15) is 36.6 Å². The second-order valence-electron chi connectivity index (χ2n) is 12.8. The highest BCUT2D eigenvalue weighted by atomic mass is 16.6. The lowest BCUT2D eigenvalue weighted by Gasteiger charge is -2.70. The van der Waals surface area contributed by atoms with E-state index in [1.807, 2.05) is 6.92 Å². The van der Waals surface area contributed by atoms with Crippen LogP contribution >= 0.6 is 0 Å². The van der Waals surface area contributed by atoms with Crippen molar-refractivity contribution in [1.29, 1.82) is 0 Å². The number of hydrogen-bond acceptors (Lipinski definition) is 10. The third-order valence-corrected chi connectivity index (χ3v) is 10.2. The Labute approximate surface area is 223 Å². The summed E-state index contributed by atoms with van der Waals surface area (Å²) < 4.78 is 36.6. The molecule has 2 aliphatic carbocycles.